The smallest absolute Gasteiger partial charge is 0.265 e. The topological polar surface area (TPSA) is 51.2 Å². The summed E-state index contributed by atoms with van der Waals surface area (Å²) in [6, 6.07) is 11.2. The summed E-state index contributed by atoms with van der Waals surface area (Å²) in [7, 11) is 3.53. The molecule has 2 unspecified atom stereocenters. The first-order valence-electron chi connectivity index (χ1n) is 9.86. The summed E-state index contributed by atoms with van der Waals surface area (Å²) in [4.78, 5) is 20.4. The van der Waals surface area contributed by atoms with E-state index < -0.39 is 0 Å². The van der Waals surface area contributed by atoms with Crippen LogP contribution >= 0.6 is 11.6 Å². The number of carbonyl (C=O) groups excluding carboxylic acids is 1. The Labute approximate surface area is 181 Å². The van der Waals surface area contributed by atoms with Crippen LogP contribution in [0.5, 0.6) is 11.5 Å². The number of hydroxylamine groups is 2. The highest BCUT2D eigenvalue weighted by molar-refractivity contribution is 6.30. The van der Waals surface area contributed by atoms with Crippen LogP contribution in [0.1, 0.15) is 37.9 Å². The zero-order chi connectivity index (χ0) is 21.6. The molecule has 4 rings (SSSR count). The van der Waals surface area contributed by atoms with Gasteiger partial charge in [0.2, 0.25) is 0 Å². The molecule has 0 spiro atoms. The average molecular weight is 429 g/mol. The van der Waals surface area contributed by atoms with E-state index in [9.17, 15) is 4.79 Å². The number of amides is 1. The molecule has 0 saturated heterocycles. The fraction of sp³-hybridized carbons (Fsp3) is 0.348. The van der Waals surface area contributed by atoms with Crippen LogP contribution in [-0.2, 0) is 9.63 Å². The minimum Gasteiger partial charge on any atom is -0.496 e. The van der Waals surface area contributed by atoms with Gasteiger partial charge in [0, 0.05) is 29.3 Å². The van der Waals surface area contributed by atoms with Crippen molar-refractivity contribution in [2.24, 2.45) is 0 Å². The van der Waals surface area contributed by atoms with Gasteiger partial charge in [-0.05, 0) is 44.5 Å². The molecule has 30 heavy (non-hydrogen) atoms. The zero-order valence-electron chi connectivity index (χ0n) is 17.7. The molecule has 1 amide bonds. The van der Waals surface area contributed by atoms with Crippen molar-refractivity contribution in [3.05, 3.63) is 58.3 Å². The van der Waals surface area contributed by atoms with Gasteiger partial charge in [-0.15, -0.1) is 5.06 Å². The Hall–Kier alpha value is -2.70. The molecule has 2 aromatic carbocycles. The van der Waals surface area contributed by atoms with Crippen LogP contribution in [0.15, 0.2) is 42.2 Å². The quantitative estimate of drug-likeness (QED) is 0.698. The predicted molar refractivity (Wildman–Crippen MR) is 117 cm³/mol. The molecule has 2 aliphatic rings. The maximum Gasteiger partial charge on any atom is 0.265 e. The fourth-order valence-corrected chi connectivity index (χ4v) is 4.25. The second-order valence-electron chi connectivity index (χ2n) is 7.58. The number of likely N-dealkylation sites (N-methyl/N-ethyl adjacent to an activating group) is 1. The van der Waals surface area contributed by atoms with Crippen LogP contribution in [0.25, 0.3) is 5.57 Å². The number of carbonyl (C=O) groups is 1. The Kier molecular flexibility index (Phi) is 5.38. The summed E-state index contributed by atoms with van der Waals surface area (Å²) in [5, 5.41) is 2.47. The third-order valence-corrected chi connectivity index (χ3v) is 6.07. The van der Waals surface area contributed by atoms with Crippen LogP contribution < -0.4 is 14.4 Å². The maximum absolute atomic E-state index is 12.8. The van der Waals surface area contributed by atoms with E-state index in [0.717, 1.165) is 22.5 Å². The first-order valence-corrected chi connectivity index (χ1v) is 10.2. The van der Waals surface area contributed by atoms with Crippen molar-refractivity contribution in [1.29, 1.82) is 0 Å². The number of anilines is 1. The van der Waals surface area contributed by atoms with Gasteiger partial charge in [-0.3, -0.25) is 9.69 Å². The van der Waals surface area contributed by atoms with E-state index in [1.165, 1.54) is 0 Å². The van der Waals surface area contributed by atoms with Crippen molar-refractivity contribution in [2.75, 3.05) is 25.7 Å². The summed E-state index contributed by atoms with van der Waals surface area (Å²) in [6.45, 7) is 5.99. The van der Waals surface area contributed by atoms with E-state index in [2.05, 4.69) is 6.92 Å². The van der Waals surface area contributed by atoms with Crippen LogP contribution in [0.2, 0.25) is 5.02 Å². The summed E-state index contributed by atoms with van der Waals surface area (Å²) >= 11 is 6.03. The Bertz CT molecular complexity index is 1020. The zero-order valence-corrected chi connectivity index (χ0v) is 18.5. The number of methoxy groups -OCH3 is 1. The third-order valence-electron chi connectivity index (χ3n) is 5.81. The lowest BCUT2D eigenvalue weighted by molar-refractivity contribution is -0.121. The lowest BCUT2D eigenvalue weighted by Crippen LogP contribution is -2.40. The largest absolute Gasteiger partial charge is 0.496 e. The molecule has 6 nitrogen and oxygen atoms in total. The van der Waals surface area contributed by atoms with Gasteiger partial charge in [-0.1, -0.05) is 23.7 Å². The minimum atomic E-state index is -0.186. The van der Waals surface area contributed by atoms with Crippen molar-refractivity contribution in [2.45, 2.75) is 32.9 Å². The molecule has 0 N–H and O–H groups in total. The van der Waals surface area contributed by atoms with Gasteiger partial charge in [0.1, 0.15) is 17.3 Å². The number of ether oxygens (including phenoxy) is 2. The molecule has 0 aromatic heterocycles. The van der Waals surface area contributed by atoms with E-state index in [4.69, 9.17) is 25.9 Å². The minimum absolute atomic E-state index is 0.0132. The van der Waals surface area contributed by atoms with Gasteiger partial charge in [0.25, 0.3) is 5.91 Å². The molecule has 7 heteroatoms. The monoisotopic (exact) mass is 428 g/mol. The fourth-order valence-electron chi connectivity index (χ4n) is 4.13. The van der Waals surface area contributed by atoms with Crippen molar-refractivity contribution in [1.82, 2.24) is 5.06 Å². The average Bonchev–Trinajstić information content (AvgIpc) is 2.98. The van der Waals surface area contributed by atoms with E-state index >= 15 is 0 Å². The number of hydrogen-bond acceptors (Lipinski definition) is 5. The Morgan fingerprint density at radius 1 is 1.23 bits per heavy atom. The van der Waals surface area contributed by atoms with Crippen LogP contribution in [0.4, 0.5) is 5.69 Å². The molecule has 158 valence electrons. The molecule has 0 bridgehead atoms. The number of fused-ring (bicyclic) bond motifs is 1. The highest BCUT2D eigenvalue weighted by Gasteiger charge is 2.35. The molecule has 0 radical (unpaired) electrons. The van der Waals surface area contributed by atoms with Gasteiger partial charge < -0.3 is 14.3 Å². The first kappa shape index (κ1) is 20.6. The molecule has 0 aliphatic carbocycles. The summed E-state index contributed by atoms with van der Waals surface area (Å²) < 4.78 is 11.5. The molecule has 0 saturated carbocycles. The number of nitrogens with zero attached hydrogens (tertiary/aromatic N) is 2. The summed E-state index contributed by atoms with van der Waals surface area (Å²) in [6.07, 6.45) is 0. The predicted octanol–water partition coefficient (Wildman–Crippen LogP) is 4.83. The van der Waals surface area contributed by atoms with E-state index in [0.29, 0.717) is 22.2 Å². The number of halogens is 1. The number of rotatable bonds is 4. The lowest BCUT2D eigenvalue weighted by atomic mass is 9.96. The van der Waals surface area contributed by atoms with Crippen LogP contribution in [0, 0.1) is 0 Å². The highest BCUT2D eigenvalue weighted by Crippen LogP contribution is 2.46. The second-order valence-corrected chi connectivity index (χ2v) is 8.02. The Morgan fingerprint density at radius 2 is 1.93 bits per heavy atom. The molecule has 0 fully saturated rings. The molecule has 2 atom stereocenters. The van der Waals surface area contributed by atoms with Crippen molar-refractivity contribution < 1.29 is 19.1 Å². The molecule has 2 aliphatic heterocycles. The second kappa shape index (κ2) is 7.85. The molecule has 2 aromatic rings. The molecular formula is C23H25ClN2O4. The molecule has 2 heterocycles. The Balaban J connectivity index is 1.80. The highest BCUT2D eigenvalue weighted by atomic mass is 35.5. The SMILES string of the molecule is COc1cc2c(cc1C1=C(C)ON(C)C1C)OCC(=O)N2C(C)c1ccc(Cl)cc1. The van der Waals surface area contributed by atoms with Crippen molar-refractivity contribution >= 4 is 28.8 Å². The third kappa shape index (κ3) is 3.40. The molecular weight excluding hydrogens is 404 g/mol. The standard InChI is InChI=1S/C23H25ClN2O4/c1-13(16-6-8-17(24)9-7-16)26-19-11-20(28-5)18(10-21(19)29-12-22(26)27)23-14(2)25(4)30-15(23)3/h6-11,13-14H,12H2,1-5H3. The normalized spacial score (nSPS) is 20.0. The van der Waals surface area contributed by atoms with Gasteiger partial charge in [-0.2, -0.15) is 0 Å². The maximum atomic E-state index is 12.8. The van der Waals surface area contributed by atoms with E-state index in [1.54, 1.807) is 12.0 Å². The summed E-state index contributed by atoms with van der Waals surface area (Å²) in [5.41, 5.74) is 3.61. The lowest BCUT2D eigenvalue weighted by Gasteiger charge is -2.35. The van der Waals surface area contributed by atoms with Crippen LogP contribution in [-0.4, -0.2) is 37.8 Å². The van der Waals surface area contributed by atoms with E-state index in [1.807, 2.05) is 62.4 Å². The van der Waals surface area contributed by atoms with Gasteiger partial charge in [0.05, 0.1) is 24.9 Å². The number of benzene rings is 2. The van der Waals surface area contributed by atoms with Gasteiger partial charge in [-0.25, -0.2) is 0 Å². The number of allylic oxidation sites excluding steroid dienone is 1. The summed E-state index contributed by atoms with van der Waals surface area (Å²) in [5.74, 6) is 2.03. The van der Waals surface area contributed by atoms with Gasteiger partial charge >= 0.3 is 0 Å². The first-order chi connectivity index (χ1) is 14.3. The number of hydrogen-bond donors (Lipinski definition) is 0. The van der Waals surface area contributed by atoms with E-state index in [-0.39, 0.29) is 24.6 Å². The van der Waals surface area contributed by atoms with Gasteiger partial charge in [0.15, 0.2) is 6.61 Å². The van der Waals surface area contributed by atoms with Crippen molar-refractivity contribution in [3.63, 3.8) is 0 Å². The van der Waals surface area contributed by atoms with Crippen molar-refractivity contribution in [3.8, 4) is 11.5 Å². The van der Waals surface area contributed by atoms with Crippen LogP contribution in [0.3, 0.4) is 0 Å². The Morgan fingerprint density at radius 3 is 2.53 bits per heavy atom.